The van der Waals surface area contributed by atoms with Gasteiger partial charge in [-0.3, -0.25) is 14.2 Å². The number of nitrogens with zero attached hydrogens (tertiary/aromatic N) is 4. The van der Waals surface area contributed by atoms with E-state index >= 15 is 0 Å². The van der Waals surface area contributed by atoms with Gasteiger partial charge in [-0.25, -0.2) is 0 Å². The van der Waals surface area contributed by atoms with Crippen molar-refractivity contribution >= 4 is 5.91 Å². The largest absolute Gasteiger partial charge is 0.393 e. The maximum absolute atomic E-state index is 12.5. The van der Waals surface area contributed by atoms with Crippen molar-refractivity contribution in [2.24, 2.45) is 20.0 Å². The lowest BCUT2D eigenvalue weighted by atomic mass is 9.75. The number of aryl methyl sites for hydroxylation is 3. The Morgan fingerprint density at radius 1 is 1.36 bits per heavy atom. The fourth-order valence-corrected chi connectivity index (χ4v) is 3.02. The van der Waals surface area contributed by atoms with Crippen molar-refractivity contribution in [2.75, 3.05) is 0 Å². The summed E-state index contributed by atoms with van der Waals surface area (Å²) in [5.74, 6) is 0.0981. The Hall–Kier alpha value is -2.15. The standard InChI is InChI=1S/C15H21N5O2/c1-9-13(8-20(3)18-9)15(22)17-14(10-4-12(21)5-10)11-6-16-19(2)7-11/h6-8,10,12,14,21H,4-5H2,1-3H3,(H,17,22). The molecule has 0 aromatic carbocycles. The molecule has 0 bridgehead atoms. The van der Waals surface area contributed by atoms with Crippen molar-refractivity contribution in [3.63, 3.8) is 0 Å². The number of amides is 1. The van der Waals surface area contributed by atoms with Crippen LogP contribution in [0.2, 0.25) is 0 Å². The third kappa shape index (κ3) is 2.76. The van der Waals surface area contributed by atoms with Crippen LogP contribution in [0.3, 0.4) is 0 Å². The number of carbonyl (C=O) groups is 1. The van der Waals surface area contributed by atoms with E-state index in [4.69, 9.17) is 0 Å². The second-order valence-corrected chi connectivity index (χ2v) is 6.09. The number of hydrogen-bond donors (Lipinski definition) is 2. The molecule has 118 valence electrons. The molecule has 7 heteroatoms. The molecule has 1 saturated carbocycles. The zero-order valence-corrected chi connectivity index (χ0v) is 13.0. The van der Waals surface area contributed by atoms with Crippen molar-refractivity contribution in [3.8, 4) is 0 Å². The number of aliphatic hydroxyl groups excluding tert-OH is 1. The zero-order chi connectivity index (χ0) is 15.9. The van der Waals surface area contributed by atoms with Gasteiger partial charge in [-0.05, 0) is 25.7 Å². The summed E-state index contributed by atoms with van der Waals surface area (Å²) >= 11 is 0. The predicted octanol–water partition coefficient (Wildman–Crippen LogP) is 0.704. The minimum atomic E-state index is -0.263. The number of carbonyl (C=O) groups excluding carboxylic acids is 1. The first kappa shape index (κ1) is 14.8. The molecule has 1 aliphatic carbocycles. The molecule has 1 aliphatic rings. The van der Waals surface area contributed by atoms with Crippen LogP contribution in [0, 0.1) is 12.8 Å². The topological polar surface area (TPSA) is 85.0 Å². The van der Waals surface area contributed by atoms with Crippen LogP contribution in [0.4, 0.5) is 0 Å². The third-order valence-electron chi connectivity index (χ3n) is 4.25. The van der Waals surface area contributed by atoms with E-state index < -0.39 is 0 Å². The molecule has 2 N–H and O–H groups in total. The van der Waals surface area contributed by atoms with E-state index in [0.717, 1.165) is 5.56 Å². The van der Waals surface area contributed by atoms with Gasteiger partial charge in [-0.1, -0.05) is 0 Å². The fraction of sp³-hybridized carbons (Fsp3) is 0.533. The normalized spacial score (nSPS) is 22.2. The molecule has 22 heavy (non-hydrogen) atoms. The number of rotatable bonds is 4. The zero-order valence-electron chi connectivity index (χ0n) is 13.0. The van der Waals surface area contributed by atoms with Crippen LogP contribution in [0.25, 0.3) is 0 Å². The highest BCUT2D eigenvalue weighted by Crippen LogP contribution is 2.38. The summed E-state index contributed by atoms with van der Waals surface area (Å²) in [4.78, 5) is 12.5. The average Bonchev–Trinajstić information content (AvgIpc) is 2.98. The monoisotopic (exact) mass is 303 g/mol. The second-order valence-electron chi connectivity index (χ2n) is 6.09. The summed E-state index contributed by atoms with van der Waals surface area (Å²) in [6, 6.07) is -0.135. The quantitative estimate of drug-likeness (QED) is 0.871. The van der Waals surface area contributed by atoms with Gasteiger partial charge in [-0.2, -0.15) is 10.2 Å². The molecule has 7 nitrogen and oxygen atoms in total. The van der Waals surface area contributed by atoms with Gasteiger partial charge in [0.15, 0.2) is 0 Å². The van der Waals surface area contributed by atoms with Crippen LogP contribution in [0.15, 0.2) is 18.6 Å². The van der Waals surface area contributed by atoms with Crippen molar-refractivity contribution in [1.82, 2.24) is 24.9 Å². The summed E-state index contributed by atoms with van der Waals surface area (Å²) in [6.07, 6.45) is 6.54. The van der Waals surface area contributed by atoms with Crippen LogP contribution >= 0.6 is 0 Å². The van der Waals surface area contributed by atoms with Crippen LogP contribution in [-0.4, -0.2) is 36.7 Å². The summed E-state index contributed by atoms with van der Waals surface area (Å²) in [5.41, 5.74) is 2.25. The van der Waals surface area contributed by atoms with Crippen LogP contribution in [0.5, 0.6) is 0 Å². The molecule has 2 heterocycles. The van der Waals surface area contributed by atoms with E-state index in [-0.39, 0.29) is 24.0 Å². The number of nitrogens with one attached hydrogen (secondary N) is 1. The Kier molecular flexibility index (Phi) is 3.74. The maximum atomic E-state index is 12.5. The first-order valence-corrected chi connectivity index (χ1v) is 7.41. The minimum Gasteiger partial charge on any atom is -0.393 e. The Morgan fingerprint density at radius 3 is 2.59 bits per heavy atom. The summed E-state index contributed by atoms with van der Waals surface area (Å²) < 4.78 is 3.36. The van der Waals surface area contributed by atoms with Gasteiger partial charge >= 0.3 is 0 Å². The maximum Gasteiger partial charge on any atom is 0.255 e. The van der Waals surface area contributed by atoms with Crippen LogP contribution < -0.4 is 5.32 Å². The number of hydrogen-bond acceptors (Lipinski definition) is 4. The first-order valence-electron chi connectivity index (χ1n) is 7.41. The van der Waals surface area contributed by atoms with Crippen molar-refractivity contribution in [1.29, 1.82) is 0 Å². The second kappa shape index (κ2) is 5.57. The summed E-state index contributed by atoms with van der Waals surface area (Å²) in [6.45, 7) is 1.82. The van der Waals surface area contributed by atoms with Crippen LogP contribution in [-0.2, 0) is 14.1 Å². The molecule has 0 spiro atoms. The lowest BCUT2D eigenvalue weighted by Crippen LogP contribution is -2.41. The molecule has 0 aliphatic heterocycles. The first-order chi connectivity index (χ1) is 10.4. The summed E-state index contributed by atoms with van der Waals surface area (Å²) in [7, 11) is 3.65. The highest BCUT2D eigenvalue weighted by Gasteiger charge is 2.36. The number of aliphatic hydroxyl groups is 1. The molecule has 1 atom stereocenters. The SMILES string of the molecule is Cc1nn(C)cc1C(=O)NC(c1cnn(C)c1)C1CC(O)C1. The molecule has 0 saturated heterocycles. The van der Waals surface area contributed by atoms with Crippen molar-refractivity contribution in [2.45, 2.75) is 31.9 Å². The van der Waals surface area contributed by atoms with Crippen LogP contribution in [0.1, 0.15) is 40.5 Å². The van der Waals surface area contributed by atoms with Gasteiger partial charge in [0.25, 0.3) is 5.91 Å². The molecule has 3 rings (SSSR count). The highest BCUT2D eigenvalue weighted by molar-refractivity contribution is 5.95. The van der Waals surface area contributed by atoms with E-state index in [9.17, 15) is 9.90 Å². The lowest BCUT2D eigenvalue weighted by molar-refractivity contribution is 0.0235. The van der Waals surface area contributed by atoms with E-state index in [2.05, 4.69) is 15.5 Å². The average molecular weight is 303 g/mol. The van der Waals surface area contributed by atoms with E-state index in [1.807, 2.05) is 20.2 Å². The number of aromatic nitrogens is 4. The molecule has 2 aromatic heterocycles. The smallest absolute Gasteiger partial charge is 0.255 e. The van der Waals surface area contributed by atoms with Gasteiger partial charge in [0.05, 0.1) is 29.6 Å². The third-order valence-corrected chi connectivity index (χ3v) is 4.25. The highest BCUT2D eigenvalue weighted by atomic mass is 16.3. The molecule has 0 radical (unpaired) electrons. The Labute approximate surface area is 128 Å². The van der Waals surface area contributed by atoms with Gasteiger partial charge in [0.2, 0.25) is 0 Å². The molecule has 1 amide bonds. The summed E-state index contributed by atoms with van der Waals surface area (Å²) in [5, 5.41) is 21.0. The van der Waals surface area contributed by atoms with Crippen molar-refractivity contribution in [3.05, 3.63) is 35.4 Å². The molecular formula is C15H21N5O2. The molecular weight excluding hydrogens is 282 g/mol. The van der Waals surface area contributed by atoms with E-state index in [1.165, 1.54) is 0 Å². The Bertz CT molecular complexity index is 684. The van der Waals surface area contributed by atoms with Crippen molar-refractivity contribution < 1.29 is 9.90 Å². The Morgan fingerprint density at radius 2 is 2.09 bits per heavy atom. The minimum absolute atomic E-state index is 0.135. The van der Waals surface area contributed by atoms with Gasteiger partial charge in [-0.15, -0.1) is 0 Å². The molecule has 1 unspecified atom stereocenters. The molecule has 1 fully saturated rings. The van der Waals surface area contributed by atoms with Gasteiger partial charge in [0, 0.05) is 32.1 Å². The lowest BCUT2D eigenvalue weighted by Gasteiger charge is -2.37. The van der Waals surface area contributed by atoms with E-state index in [0.29, 0.717) is 24.1 Å². The fourth-order valence-electron chi connectivity index (χ4n) is 3.02. The Balaban J connectivity index is 1.81. The predicted molar refractivity (Wildman–Crippen MR) is 80.1 cm³/mol. The van der Waals surface area contributed by atoms with Gasteiger partial charge < -0.3 is 10.4 Å². The molecule has 2 aromatic rings. The van der Waals surface area contributed by atoms with Gasteiger partial charge in [0.1, 0.15) is 0 Å². The van der Waals surface area contributed by atoms with E-state index in [1.54, 1.807) is 28.8 Å².